The Labute approximate surface area is 309 Å². The van der Waals surface area contributed by atoms with Gasteiger partial charge in [-0.25, -0.2) is 9.37 Å². The number of fused-ring (bicyclic) bond motifs is 1. The lowest BCUT2D eigenvalue weighted by Crippen LogP contribution is -2.50. The summed E-state index contributed by atoms with van der Waals surface area (Å²) in [6.07, 6.45) is -1.96. The third-order valence-electron chi connectivity index (χ3n) is 10.2. The molecule has 0 spiro atoms. The quantitative estimate of drug-likeness (QED) is 0.0667. The minimum absolute atomic E-state index is 0.00667. The predicted octanol–water partition coefficient (Wildman–Crippen LogP) is 6.77. The fourth-order valence-corrected chi connectivity index (χ4v) is 8.23. The summed E-state index contributed by atoms with van der Waals surface area (Å²) in [6, 6.07) is 24.9. The number of halogens is 1. The molecule has 0 unspecified atom stereocenters. The summed E-state index contributed by atoms with van der Waals surface area (Å²) in [5.74, 6) is 0.507. The summed E-state index contributed by atoms with van der Waals surface area (Å²) in [4.78, 5) is 39.9. The van der Waals surface area contributed by atoms with Gasteiger partial charge in [-0.05, 0) is 59.1 Å². The standard InChI is InChI=1S/C38H45FN3O9PSi/c1-37(2,3)53(6,7)51-32-30(49-36(33(32)50-52(44)45)42-21-29(39)31-34(42)40-23-41-35(31)43)22-48-38(24-11-9-8-10-12-24,25-13-17-27(46-4)18-14-25)26-15-19-28(47-5)20-16-26/h8-21,23,30,32-33,36,44-45H,22H2,1-7H3,(H,40,41,43)/t30-,32-,33-,36-/m1/s1. The number of rotatable bonds is 13. The smallest absolute Gasteiger partial charge is 0.327 e. The molecular formula is C38H45FN3O9PSi. The van der Waals surface area contributed by atoms with Crippen molar-refractivity contribution in [2.75, 3.05) is 20.8 Å². The molecule has 0 bridgehead atoms. The number of aromatic nitrogens is 3. The van der Waals surface area contributed by atoms with Crippen LogP contribution in [0.15, 0.2) is 96.2 Å². The van der Waals surface area contributed by atoms with Gasteiger partial charge in [0.05, 0.1) is 27.2 Å². The summed E-state index contributed by atoms with van der Waals surface area (Å²) in [5.41, 5.74) is 0.489. The molecule has 0 aliphatic carbocycles. The molecule has 15 heteroatoms. The van der Waals surface area contributed by atoms with Crippen molar-refractivity contribution in [1.82, 2.24) is 14.5 Å². The van der Waals surface area contributed by atoms with Crippen molar-refractivity contribution in [3.8, 4) is 11.5 Å². The normalized spacial score (nSPS) is 19.6. The zero-order chi connectivity index (χ0) is 38.1. The summed E-state index contributed by atoms with van der Waals surface area (Å²) < 4.78 is 54.4. The molecule has 1 aliphatic rings. The van der Waals surface area contributed by atoms with E-state index in [0.717, 1.165) is 22.9 Å². The SMILES string of the molecule is COc1ccc(C(OC[C@H]2O[C@@H](n3cc(F)c4c(=O)[nH]cnc43)[C@H](OP(O)O)[C@@H]2O[Si](C)(C)C(C)(C)C)(c2ccccc2)c2ccc(OC)cc2)cc1. The Balaban J connectivity index is 1.51. The zero-order valence-corrected chi connectivity index (χ0v) is 32.5. The molecule has 3 N–H and O–H groups in total. The van der Waals surface area contributed by atoms with Gasteiger partial charge in [-0.2, -0.15) is 0 Å². The van der Waals surface area contributed by atoms with E-state index >= 15 is 4.39 Å². The highest BCUT2D eigenvalue weighted by Gasteiger charge is 2.54. The van der Waals surface area contributed by atoms with Gasteiger partial charge in [0.15, 0.2) is 26.0 Å². The van der Waals surface area contributed by atoms with Gasteiger partial charge in [0.25, 0.3) is 5.56 Å². The Morgan fingerprint density at radius 1 is 0.906 bits per heavy atom. The summed E-state index contributed by atoms with van der Waals surface area (Å²) in [5, 5.41) is -0.542. The van der Waals surface area contributed by atoms with Gasteiger partial charge < -0.3 is 47.2 Å². The van der Waals surface area contributed by atoms with Gasteiger partial charge >= 0.3 is 8.60 Å². The van der Waals surface area contributed by atoms with Crippen LogP contribution < -0.4 is 15.0 Å². The topological polar surface area (TPSA) is 147 Å². The van der Waals surface area contributed by atoms with Crippen LogP contribution in [0.25, 0.3) is 11.0 Å². The molecule has 4 atom stereocenters. The first kappa shape index (κ1) is 38.7. The van der Waals surface area contributed by atoms with Crippen LogP contribution in [0.2, 0.25) is 18.1 Å². The number of benzene rings is 3. The van der Waals surface area contributed by atoms with Gasteiger partial charge in [0.2, 0.25) is 0 Å². The predicted molar refractivity (Wildman–Crippen MR) is 201 cm³/mol. The Bertz CT molecular complexity index is 2010. The number of hydrogen-bond donors (Lipinski definition) is 3. The maximum Gasteiger partial charge on any atom is 0.327 e. The van der Waals surface area contributed by atoms with E-state index in [1.54, 1.807) is 14.2 Å². The number of nitrogens with zero attached hydrogens (tertiary/aromatic N) is 2. The number of nitrogens with one attached hydrogen (secondary N) is 1. The minimum atomic E-state index is -2.94. The van der Waals surface area contributed by atoms with Gasteiger partial charge in [0.1, 0.15) is 40.8 Å². The molecular weight excluding hydrogens is 720 g/mol. The van der Waals surface area contributed by atoms with Crippen molar-refractivity contribution in [2.45, 2.75) is 69.0 Å². The summed E-state index contributed by atoms with van der Waals surface area (Å²) in [6.45, 7) is 10.3. The van der Waals surface area contributed by atoms with E-state index in [1.807, 2.05) is 78.9 Å². The van der Waals surface area contributed by atoms with Crippen LogP contribution in [0.4, 0.5) is 4.39 Å². The Morgan fingerprint density at radius 2 is 1.47 bits per heavy atom. The molecule has 1 saturated heterocycles. The number of hydrogen-bond acceptors (Lipinski definition) is 10. The molecule has 12 nitrogen and oxygen atoms in total. The molecule has 0 amide bonds. The van der Waals surface area contributed by atoms with E-state index in [4.69, 9.17) is 27.9 Å². The molecule has 53 heavy (non-hydrogen) atoms. The van der Waals surface area contributed by atoms with Crippen molar-refractivity contribution >= 4 is 28.0 Å². The molecule has 0 radical (unpaired) electrons. The van der Waals surface area contributed by atoms with Crippen LogP contribution >= 0.6 is 8.60 Å². The monoisotopic (exact) mass is 765 g/mol. The first-order valence-electron chi connectivity index (χ1n) is 17.1. The summed E-state index contributed by atoms with van der Waals surface area (Å²) >= 11 is 0. The fourth-order valence-electron chi connectivity index (χ4n) is 6.47. The number of ether oxygens (including phenoxy) is 4. The average Bonchev–Trinajstić information content (AvgIpc) is 3.64. The summed E-state index contributed by atoms with van der Waals surface area (Å²) in [7, 11) is -2.37. The highest BCUT2D eigenvalue weighted by Crippen LogP contribution is 2.48. The van der Waals surface area contributed by atoms with E-state index < -0.39 is 58.4 Å². The molecule has 0 saturated carbocycles. The molecule has 282 valence electrons. The second-order valence-electron chi connectivity index (χ2n) is 14.4. The van der Waals surface area contributed by atoms with Crippen molar-refractivity contribution < 1.29 is 42.1 Å². The van der Waals surface area contributed by atoms with Crippen LogP contribution in [-0.2, 0) is 24.0 Å². The van der Waals surface area contributed by atoms with Crippen LogP contribution in [0.1, 0.15) is 43.7 Å². The third kappa shape index (κ3) is 7.55. The molecule has 5 aromatic rings. The minimum Gasteiger partial charge on any atom is -0.497 e. The van der Waals surface area contributed by atoms with E-state index in [-0.39, 0.29) is 22.7 Å². The molecule has 1 fully saturated rings. The second kappa shape index (κ2) is 15.4. The fraction of sp³-hybridized carbons (Fsp3) is 0.368. The highest BCUT2D eigenvalue weighted by atomic mass is 31.2. The first-order valence-corrected chi connectivity index (χ1v) is 21.2. The van der Waals surface area contributed by atoms with Crippen LogP contribution in [0.3, 0.4) is 0 Å². The molecule has 2 aromatic heterocycles. The maximum absolute atomic E-state index is 15.4. The van der Waals surface area contributed by atoms with Crippen molar-refractivity contribution in [3.05, 3.63) is 124 Å². The average molecular weight is 766 g/mol. The largest absolute Gasteiger partial charge is 0.497 e. The van der Waals surface area contributed by atoms with Crippen LogP contribution in [0.5, 0.6) is 11.5 Å². The Kier molecular flexibility index (Phi) is 11.3. The van der Waals surface area contributed by atoms with E-state index in [0.29, 0.717) is 11.5 Å². The van der Waals surface area contributed by atoms with E-state index in [1.165, 1.54) is 10.9 Å². The number of H-pyrrole nitrogens is 1. The highest BCUT2D eigenvalue weighted by molar-refractivity contribution is 7.39. The van der Waals surface area contributed by atoms with E-state index in [9.17, 15) is 14.6 Å². The maximum atomic E-state index is 15.4. The van der Waals surface area contributed by atoms with Crippen LogP contribution in [0, 0.1) is 5.82 Å². The Morgan fingerprint density at radius 3 is 2.00 bits per heavy atom. The van der Waals surface area contributed by atoms with Gasteiger partial charge in [-0.15, -0.1) is 0 Å². The number of aromatic amines is 1. The van der Waals surface area contributed by atoms with Crippen LogP contribution in [-0.4, -0.2) is 71.8 Å². The Hall–Kier alpha value is -3.98. The zero-order valence-electron chi connectivity index (χ0n) is 30.6. The molecule has 3 aromatic carbocycles. The lowest BCUT2D eigenvalue weighted by molar-refractivity contribution is -0.0927. The van der Waals surface area contributed by atoms with Gasteiger partial charge in [-0.3, -0.25) is 4.79 Å². The van der Waals surface area contributed by atoms with Gasteiger partial charge in [-0.1, -0.05) is 75.4 Å². The first-order chi connectivity index (χ1) is 25.2. The lowest BCUT2D eigenvalue weighted by Gasteiger charge is -2.41. The number of methoxy groups -OCH3 is 2. The molecule has 6 rings (SSSR count). The van der Waals surface area contributed by atoms with Crippen molar-refractivity contribution in [3.63, 3.8) is 0 Å². The molecule has 1 aliphatic heterocycles. The lowest BCUT2D eigenvalue weighted by atomic mass is 9.80. The third-order valence-corrected chi connectivity index (χ3v) is 15.1. The van der Waals surface area contributed by atoms with Gasteiger partial charge in [0, 0.05) is 6.20 Å². The second-order valence-corrected chi connectivity index (χ2v) is 19.8. The van der Waals surface area contributed by atoms with Crippen molar-refractivity contribution in [2.24, 2.45) is 0 Å². The van der Waals surface area contributed by atoms with Crippen molar-refractivity contribution in [1.29, 1.82) is 0 Å². The molecule has 3 heterocycles. The van der Waals surface area contributed by atoms with E-state index in [2.05, 4.69) is 43.8 Å².